The summed E-state index contributed by atoms with van der Waals surface area (Å²) in [7, 11) is 0. The fourth-order valence-corrected chi connectivity index (χ4v) is 1.79. The third kappa shape index (κ3) is 3.09. The van der Waals surface area contributed by atoms with E-state index in [0.29, 0.717) is 0 Å². The zero-order valence-electron chi connectivity index (χ0n) is 10.4. The molecule has 2 aromatic rings. The van der Waals surface area contributed by atoms with Crippen molar-refractivity contribution in [1.82, 2.24) is 0 Å². The molecule has 0 saturated heterocycles. The van der Waals surface area contributed by atoms with Crippen molar-refractivity contribution >= 4 is 0 Å². The number of hydrogen-bond acceptors (Lipinski definition) is 2. The second kappa shape index (κ2) is 5.80. The Labute approximate surface area is 110 Å². The molecule has 0 aliphatic rings. The molecule has 1 atom stereocenters. The van der Waals surface area contributed by atoms with Gasteiger partial charge in [0.15, 0.2) is 17.4 Å². The van der Waals surface area contributed by atoms with Crippen LogP contribution in [0.5, 0.6) is 5.75 Å². The van der Waals surface area contributed by atoms with E-state index in [1.165, 1.54) is 0 Å². The summed E-state index contributed by atoms with van der Waals surface area (Å²) in [5.74, 6) is -2.05. The highest BCUT2D eigenvalue weighted by atomic mass is 19.1. The minimum Gasteiger partial charge on any atom is -0.480 e. The van der Waals surface area contributed by atoms with E-state index in [0.717, 1.165) is 17.7 Å². The maximum atomic E-state index is 13.7. The Morgan fingerprint density at radius 2 is 1.68 bits per heavy atom. The number of halogens is 2. The molecule has 19 heavy (non-hydrogen) atoms. The molecule has 0 aliphatic heterocycles. The minimum atomic E-state index is -0.813. The summed E-state index contributed by atoms with van der Waals surface area (Å²) in [5.41, 5.74) is 1.00. The fourth-order valence-electron chi connectivity index (χ4n) is 1.79. The average molecular weight is 264 g/mol. The maximum absolute atomic E-state index is 13.7. The molecule has 1 N–H and O–H groups in total. The van der Waals surface area contributed by atoms with E-state index < -0.39 is 30.1 Å². The molecule has 0 saturated carbocycles. The summed E-state index contributed by atoms with van der Waals surface area (Å²) in [6.45, 7) is 1.30. The van der Waals surface area contributed by atoms with Crippen LogP contribution in [-0.2, 0) is 6.61 Å². The van der Waals surface area contributed by atoms with E-state index in [4.69, 9.17) is 9.84 Å². The lowest BCUT2D eigenvalue weighted by Crippen LogP contribution is -2.06. The molecule has 2 nitrogen and oxygen atoms in total. The van der Waals surface area contributed by atoms with Gasteiger partial charge in [-0.1, -0.05) is 30.3 Å². The number of rotatable bonds is 4. The second-order valence-corrected chi connectivity index (χ2v) is 4.22. The van der Waals surface area contributed by atoms with Crippen molar-refractivity contribution in [2.24, 2.45) is 0 Å². The molecule has 0 bridgehead atoms. The Kier molecular flexibility index (Phi) is 4.12. The monoisotopic (exact) mass is 264 g/mol. The number of aliphatic hydroxyl groups is 1. The molecule has 0 aliphatic carbocycles. The van der Waals surface area contributed by atoms with Crippen LogP contribution in [0.3, 0.4) is 0 Å². The molecule has 2 aromatic carbocycles. The first-order chi connectivity index (χ1) is 9.11. The van der Waals surface area contributed by atoms with Crippen LogP contribution in [0.4, 0.5) is 8.78 Å². The van der Waals surface area contributed by atoms with Gasteiger partial charge in [-0.05, 0) is 30.2 Å². The molecule has 0 amide bonds. The van der Waals surface area contributed by atoms with Gasteiger partial charge in [0.05, 0.1) is 6.61 Å². The largest absolute Gasteiger partial charge is 0.480 e. The van der Waals surface area contributed by atoms with Gasteiger partial charge in [-0.3, -0.25) is 0 Å². The maximum Gasteiger partial charge on any atom is 0.191 e. The van der Waals surface area contributed by atoms with Gasteiger partial charge in [-0.2, -0.15) is 0 Å². The van der Waals surface area contributed by atoms with Crippen LogP contribution >= 0.6 is 0 Å². The zero-order chi connectivity index (χ0) is 13.8. The third-order valence-corrected chi connectivity index (χ3v) is 2.80. The highest BCUT2D eigenvalue weighted by Crippen LogP contribution is 2.28. The van der Waals surface area contributed by atoms with Crippen molar-refractivity contribution in [2.45, 2.75) is 19.6 Å². The lowest BCUT2D eigenvalue weighted by atomic mass is 10.1. The van der Waals surface area contributed by atoms with Crippen molar-refractivity contribution in [2.75, 3.05) is 0 Å². The Morgan fingerprint density at radius 1 is 1.11 bits per heavy atom. The predicted molar refractivity (Wildman–Crippen MR) is 67.8 cm³/mol. The van der Waals surface area contributed by atoms with Gasteiger partial charge in [0.25, 0.3) is 0 Å². The van der Waals surface area contributed by atoms with Gasteiger partial charge in [0.2, 0.25) is 0 Å². The molecular weight excluding hydrogens is 250 g/mol. The summed E-state index contributed by atoms with van der Waals surface area (Å²) in [6, 6.07) is 11.3. The molecule has 0 spiro atoms. The molecule has 0 heterocycles. The quantitative estimate of drug-likeness (QED) is 0.914. The van der Waals surface area contributed by atoms with E-state index in [9.17, 15) is 8.78 Å². The summed E-state index contributed by atoms with van der Waals surface area (Å²) >= 11 is 0. The topological polar surface area (TPSA) is 29.5 Å². The van der Waals surface area contributed by atoms with Crippen LogP contribution in [0, 0.1) is 11.6 Å². The molecule has 0 radical (unpaired) electrons. The minimum absolute atomic E-state index is 0.176. The SMILES string of the molecule is CC(Oc1c(F)cc(CO)cc1F)c1ccccc1. The summed E-state index contributed by atoms with van der Waals surface area (Å²) < 4.78 is 32.7. The van der Waals surface area contributed by atoms with Crippen LogP contribution in [0.25, 0.3) is 0 Å². The lowest BCUT2D eigenvalue weighted by Gasteiger charge is -2.16. The van der Waals surface area contributed by atoms with Crippen LogP contribution in [0.1, 0.15) is 24.2 Å². The predicted octanol–water partition coefficient (Wildman–Crippen LogP) is 3.60. The number of hydrogen-bond donors (Lipinski definition) is 1. The lowest BCUT2D eigenvalue weighted by molar-refractivity contribution is 0.204. The molecule has 4 heteroatoms. The van der Waals surface area contributed by atoms with Gasteiger partial charge >= 0.3 is 0 Å². The van der Waals surface area contributed by atoms with Gasteiger partial charge in [0, 0.05) is 0 Å². The molecular formula is C15H14F2O2. The Morgan fingerprint density at radius 3 is 2.21 bits per heavy atom. The molecule has 1 unspecified atom stereocenters. The molecule has 0 fully saturated rings. The normalized spacial score (nSPS) is 12.2. The van der Waals surface area contributed by atoms with Gasteiger partial charge in [0.1, 0.15) is 6.10 Å². The van der Waals surface area contributed by atoms with Crippen molar-refractivity contribution < 1.29 is 18.6 Å². The number of benzene rings is 2. The average Bonchev–Trinajstić information content (AvgIpc) is 2.43. The van der Waals surface area contributed by atoms with E-state index in [1.807, 2.05) is 30.3 Å². The standard InChI is InChI=1S/C15H14F2O2/c1-10(12-5-3-2-4-6-12)19-15-13(16)7-11(9-18)8-14(15)17/h2-8,10,18H,9H2,1H3. The Bertz CT molecular complexity index is 532. The second-order valence-electron chi connectivity index (χ2n) is 4.22. The van der Waals surface area contributed by atoms with Gasteiger partial charge in [-0.15, -0.1) is 0 Å². The van der Waals surface area contributed by atoms with Crippen molar-refractivity contribution in [1.29, 1.82) is 0 Å². The zero-order valence-corrected chi connectivity index (χ0v) is 10.4. The number of ether oxygens (including phenoxy) is 1. The van der Waals surface area contributed by atoms with E-state index in [-0.39, 0.29) is 5.56 Å². The van der Waals surface area contributed by atoms with Crippen molar-refractivity contribution in [3.63, 3.8) is 0 Å². The first kappa shape index (κ1) is 13.5. The Balaban J connectivity index is 2.24. The fraction of sp³-hybridized carbons (Fsp3) is 0.200. The van der Waals surface area contributed by atoms with Gasteiger partial charge < -0.3 is 9.84 Å². The molecule has 100 valence electrons. The first-order valence-electron chi connectivity index (χ1n) is 5.92. The van der Waals surface area contributed by atoms with E-state index in [1.54, 1.807) is 6.92 Å². The summed E-state index contributed by atoms with van der Waals surface area (Å²) in [4.78, 5) is 0. The molecule has 2 rings (SSSR count). The van der Waals surface area contributed by atoms with Crippen molar-refractivity contribution in [3.8, 4) is 5.75 Å². The van der Waals surface area contributed by atoms with E-state index >= 15 is 0 Å². The van der Waals surface area contributed by atoms with Crippen LogP contribution in [-0.4, -0.2) is 5.11 Å². The smallest absolute Gasteiger partial charge is 0.191 e. The highest BCUT2D eigenvalue weighted by Gasteiger charge is 2.16. The Hall–Kier alpha value is -1.94. The van der Waals surface area contributed by atoms with Gasteiger partial charge in [-0.25, -0.2) is 8.78 Å². The van der Waals surface area contributed by atoms with Crippen LogP contribution < -0.4 is 4.74 Å². The number of aliphatic hydroxyl groups excluding tert-OH is 1. The summed E-state index contributed by atoms with van der Waals surface area (Å²) in [6.07, 6.45) is -0.467. The van der Waals surface area contributed by atoms with Crippen LogP contribution in [0.2, 0.25) is 0 Å². The highest BCUT2D eigenvalue weighted by molar-refractivity contribution is 5.32. The third-order valence-electron chi connectivity index (χ3n) is 2.80. The van der Waals surface area contributed by atoms with Crippen molar-refractivity contribution in [3.05, 3.63) is 65.2 Å². The molecule has 0 aromatic heterocycles. The summed E-state index contributed by atoms with van der Waals surface area (Å²) in [5, 5.41) is 8.86. The van der Waals surface area contributed by atoms with Crippen LogP contribution in [0.15, 0.2) is 42.5 Å². The van der Waals surface area contributed by atoms with E-state index in [2.05, 4.69) is 0 Å². The first-order valence-corrected chi connectivity index (χ1v) is 5.92.